The first kappa shape index (κ1) is 14.7. The van der Waals surface area contributed by atoms with Crippen molar-refractivity contribution in [3.63, 3.8) is 0 Å². The van der Waals surface area contributed by atoms with Gasteiger partial charge in [0.25, 0.3) is 0 Å². The molecule has 114 valence electrons. The first-order chi connectivity index (χ1) is 9.82. The normalized spacial score (nSPS) is 23.2. The molecule has 0 spiro atoms. The molecule has 1 aromatic rings. The summed E-state index contributed by atoms with van der Waals surface area (Å²) >= 11 is 0. The molecule has 6 heteroatoms. The van der Waals surface area contributed by atoms with Gasteiger partial charge in [-0.3, -0.25) is 0 Å². The molecule has 0 radical (unpaired) electrons. The number of anilines is 1. The highest BCUT2D eigenvalue weighted by molar-refractivity contribution is 6.61. The van der Waals surface area contributed by atoms with Crippen LogP contribution in [0.2, 0.25) is 0 Å². The van der Waals surface area contributed by atoms with E-state index in [0.29, 0.717) is 6.10 Å². The van der Waals surface area contributed by atoms with Crippen molar-refractivity contribution in [2.24, 2.45) is 0 Å². The maximum absolute atomic E-state index is 6.03. The number of rotatable bonds is 4. The van der Waals surface area contributed by atoms with Crippen molar-refractivity contribution in [1.82, 2.24) is 4.98 Å². The van der Waals surface area contributed by atoms with E-state index in [1.807, 2.05) is 46.9 Å². The molecule has 0 unspecified atom stereocenters. The molecule has 2 aliphatic rings. The molecule has 1 N–H and O–H groups in total. The Bertz CT molecular complexity index is 528. The smallest absolute Gasteiger partial charge is 0.487 e. The molecule has 2 fully saturated rings. The lowest BCUT2D eigenvalue weighted by atomic mass is 9.84. The first-order valence-electron chi connectivity index (χ1n) is 7.53. The van der Waals surface area contributed by atoms with Gasteiger partial charge in [0.15, 0.2) is 11.6 Å². The summed E-state index contributed by atoms with van der Waals surface area (Å²) in [5.74, 6) is 1.52. The number of nitrogens with one attached hydrogen (secondary N) is 1. The van der Waals surface area contributed by atoms with Crippen LogP contribution in [0.15, 0.2) is 12.1 Å². The van der Waals surface area contributed by atoms with Gasteiger partial charge in [-0.05, 0) is 52.7 Å². The lowest BCUT2D eigenvalue weighted by Gasteiger charge is -2.32. The van der Waals surface area contributed by atoms with E-state index in [0.717, 1.165) is 30.0 Å². The van der Waals surface area contributed by atoms with Crippen LogP contribution in [-0.2, 0) is 9.31 Å². The van der Waals surface area contributed by atoms with Gasteiger partial charge in [0, 0.05) is 7.05 Å². The van der Waals surface area contributed by atoms with Gasteiger partial charge < -0.3 is 19.4 Å². The Hall–Kier alpha value is -1.27. The van der Waals surface area contributed by atoms with E-state index >= 15 is 0 Å². The standard InChI is InChI=1S/C15H23BN2O3/c1-14(2)15(3,4)21-16(20-14)12-9-8-11(13(17-5)18-12)19-10-6-7-10/h8-10H,6-7H2,1-5H3,(H,17,18). The van der Waals surface area contributed by atoms with Crippen molar-refractivity contribution in [2.75, 3.05) is 12.4 Å². The molecular weight excluding hydrogens is 267 g/mol. The zero-order chi connectivity index (χ0) is 15.3. The van der Waals surface area contributed by atoms with Gasteiger partial charge in [-0.15, -0.1) is 0 Å². The van der Waals surface area contributed by atoms with Crippen LogP contribution in [0.3, 0.4) is 0 Å². The molecule has 3 rings (SSSR count). The highest BCUT2D eigenvalue weighted by Gasteiger charge is 2.52. The summed E-state index contributed by atoms with van der Waals surface area (Å²) in [5.41, 5.74) is 0.0474. The van der Waals surface area contributed by atoms with Crippen LogP contribution in [-0.4, -0.2) is 36.5 Å². The zero-order valence-electron chi connectivity index (χ0n) is 13.4. The van der Waals surface area contributed by atoms with E-state index in [2.05, 4.69) is 10.3 Å². The Labute approximate surface area is 126 Å². The molecule has 2 heterocycles. The highest BCUT2D eigenvalue weighted by Crippen LogP contribution is 2.37. The van der Waals surface area contributed by atoms with E-state index in [1.165, 1.54) is 0 Å². The molecule has 0 bridgehead atoms. The number of hydrogen-bond acceptors (Lipinski definition) is 5. The summed E-state index contributed by atoms with van der Waals surface area (Å²) in [5, 5.41) is 3.09. The molecule has 1 aliphatic heterocycles. The summed E-state index contributed by atoms with van der Waals surface area (Å²) < 4.78 is 17.9. The maximum Gasteiger partial charge on any atom is 0.514 e. The van der Waals surface area contributed by atoms with Gasteiger partial charge in [-0.1, -0.05) is 0 Å². The fourth-order valence-corrected chi connectivity index (χ4v) is 2.20. The third-order valence-electron chi connectivity index (χ3n) is 4.43. The largest absolute Gasteiger partial charge is 0.514 e. The van der Waals surface area contributed by atoms with Gasteiger partial charge in [-0.2, -0.15) is 0 Å². The van der Waals surface area contributed by atoms with Crippen LogP contribution in [0, 0.1) is 0 Å². The van der Waals surface area contributed by atoms with Crippen LogP contribution < -0.4 is 15.6 Å². The minimum Gasteiger partial charge on any atom is -0.487 e. The van der Waals surface area contributed by atoms with Crippen LogP contribution in [0.25, 0.3) is 0 Å². The Balaban J connectivity index is 1.83. The fraction of sp³-hybridized carbons (Fsp3) is 0.667. The number of aromatic nitrogens is 1. The van der Waals surface area contributed by atoms with Crippen LogP contribution in [0.4, 0.5) is 5.82 Å². The van der Waals surface area contributed by atoms with Gasteiger partial charge in [0.2, 0.25) is 0 Å². The molecule has 5 nitrogen and oxygen atoms in total. The third kappa shape index (κ3) is 2.74. The molecule has 1 aliphatic carbocycles. The average molecular weight is 290 g/mol. The second-order valence-corrected chi connectivity index (χ2v) is 6.74. The van der Waals surface area contributed by atoms with Crippen molar-refractivity contribution in [3.8, 4) is 5.75 Å². The number of hydrogen-bond donors (Lipinski definition) is 1. The minimum atomic E-state index is -0.447. The van der Waals surface area contributed by atoms with Crippen molar-refractivity contribution in [3.05, 3.63) is 12.1 Å². The first-order valence-corrected chi connectivity index (χ1v) is 7.53. The van der Waals surface area contributed by atoms with Crippen molar-refractivity contribution in [1.29, 1.82) is 0 Å². The number of nitrogens with zero attached hydrogens (tertiary/aromatic N) is 1. The van der Waals surface area contributed by atoms with Crippen LogP contribution in [0.5, 0.6) is 5.75 Å². The van der Waals surface area contributed by atoms with Crippen molar-refractivity contribution >= 4 is 18.5 Å². The molecule has 0 amide bonds. The van der Waals surface area contributed by atoms with Gasteiger partial charge in [-0.25, -0.2) is 4.98 Å². The van der Waals surface area contributed by atoms with E-state index < -0.39 is 7.12 Å². The summed E-state index contributed by atoms with van der Waals surface area (Å²) in [6.45, 7) is 8.15. The van der Waals surface area contributed by atoms with Gasteiger partial charge in [0.05, 0.1) is 22.9 Å². The highest BCUT2D eigenvalue weighted by atomic mass is 16.7. The van der Waals surface area contributed by atoms with E-state index in [1.54, 1.807) is 0 Å². The molecule has 1 aromatic heterocycles. The Morgan fingerprint density at radius 3 is 2.33 bits per heavy atom. The fourth-order valence-electron chi connectivity index (χ4n) is 2.20. The summed E-state index contributed by atoms with van der Waals surface area (Å²) in [7, 11) is 1.40. The SMILES string of the molecule is CNc1nc(B2OC(C)(C)C(C)(C)O2)ccc1OC1CC1. The van der Waals surface area contributed by atoms with Crippen LogP contribution in [0.1, 0.15) is 40.5 Å². The van der Waals surface area contributed by atoms with E-state index in [4.69, 9.17) is 14.0 Å². The van der Waals surface area contributed by atoms with E-state index in [-0.39, 0.29) is 11.2 Å². The molecule has 1 saturated carbocycles. The lowest BCUT2D eigenvalue weighted by Crippen LogP contribution is -2.41. The summed E-state index contributed by atoms with van der Waals surface area (Å²) in [4.78, 5) is 4.60. The second kappa shape index (κ2) is 4.88. The summed E-state index contributed by atoms with van der Waals surface area (Å²) in [6.07, 6.45) is 2.60. The topological polar surface area (TPSA) is 52.6 Å². The Morgan fingerprint density at radius 2 is 1.81 bits per heavy atom. The number of ether oxygens (including phenoxy) is 1. The molecule has 0 atom stereocenters. The maximum atomic E-state index is 6.03. The van der Waals surface area contributed by atoms with Crippen molar-refractivity contribution in [2.45, 2.75) is 57.8 Å². The van der Waals surface area contributed by atoms with Gasteiger partial charge in [0.1, 0.15) is 0 Å². The molecule has 0 aromatic carbocycles. The van der Waals surface area contributed by atoms with E-state index in [9.17, 15) is 0 Å². The predicted octanol–water partition coefficient (Wildman–Crippen LogP) is 1.96. The minimum absolute atomic E-state index is 0.349. The Kier molecular flexibility index (Phi) is 3.41. The Morgan fingerprint density at radius 1 is 1.19 bits per heavy atom. The van der Waals surface area contributed by atoms with Crippen molar-refractivity contribution < 1.29 is 14.0 Å². The lowest BCUT2D eigenvalue weighted by molar-refractivity contribution is 0.00578. The second-order valence-electron chi connectivity index (χ2n) is 6.74. The number of pyridine rings is 1. The quantitative estimate of drug-likeness (QED) is 0.859. The monoisotopic (exact) mass is 290 g/mol. The zero-order valence-corrected chi connectivity index (χ0v) is 13.4. The molecular formula is C15H23BN2O3. The average Bonchev–Trinajstić information content (AvgIpc) is 3.17. The van der Waals surface area contributed by atoms with Crippen LogP contribution >= 0.6 is 0 Å². The molecule has 21 heavy (non-hydrogen) atoms. The molecule has 1 saturated heterocycles. The third-order valence-corrected chi connectivity index (χ3v) is 4.43. The predicted molar refractivity (Wildman–Crippen MR) is 83.1 cm³/mol. The summed E-state index contributed by atoms with van der Waals surface area (Å²) in [6, 6.07) is 3.86. The van der Waals surface area contributed by atoms with Gasteiger partial charge >= 0.3 is 7.12 Å².